The smallest absolute Gasteiger partial charge is 0.238 e. The molecule has 0 bridgehead atoms. The third-order valence-corrected chi connectivity index (χ3v) is 5.14. The van der Waals surface area contributed by atoms with Crippen LogP contribution in [0.5, 0.6) is 11.5 Å². The van der Waals surface area contributed by atoms with Crippen molar-refractivity contribution in [2.75, 3.05) is 26.1 Å². The molecule has 3 rings (SSSR count). The Morgan fingerprint density at radius 2 is 1.89 bits per heavy atom. The van der Waals surface area contributed by atoms with Gasteiger partial charge in [0.05, 0.1) is 26.5 Å². The predicted octanol–water partition coefficient (Wildman–Crippen LogP) is 3.94. The molecule has 0 radical (unpaired) electrons. The Kier molecular flexibility index (Phi) is 6.35. The number of nitrogens with zero attached hydrogens (tertiary/aromatic N) is 1. The van der Waals surface area contributed by atoms with E-state index in [1.807, 2.05) is 24.3 Å². The Bertz CT molecular complexity index is 759. The van der Waals surface area contributed by atoms with Crippen molar-refractivity contribution < 1.29 is 14.3 Å². The average molecular weight is 368 g/mol. The highest BCUT2D eigenvalue weighted by atomic mass is 16.5. The third-order valence-electron chi connectivity index (χ3n) is 5.14. The number of methoxy groups -OCH3 is 2. The maximum Gasteiger partial charge on any atom is 0.238 e. The topological polar surface area (TPSA) is 50.8 Å². The van der Waals surface area contributed by atoms with Crippen LogP contribution in [0.1, 0.15) is 25.3 Å². The summed E-state index contributed by atoms with van der Waals surface area (Å²) < 4.78 is 10.6. The number of nitrogens with one attached hydrogen (secondary N) is 1. The van der Waals surface area contributed by atoms with Gasteiger partial charge in [0.1, 0.15) is 11.5 Å². The van der Waals surface area contributed by atoms with E-state index in [9.17, 15) is 4.79 Å². The molecule has 0 saturated heterocycles. The van der Waals surface area contributed by atoms with Gasteiger partial charge in [-0.15, -0.1) is 0 Å². The number of hydrogen-bond acceptors (Lipinski definition) is 4. The molecule has 27 heavy (non-hydrogen) atoms. The number of benzene rings is 2. The van der Waals surface area contributed by atoms with Crippen molar-refractivity contribution in [1.82, 2.24) is 4.90 Å². The molecule has 1 aliphatic rings. The first kappa shape index (κ1) is 19.2. The molecule has 1 fully saturated rings. The highest BCUT2D eigenvalue weighted by Gasteiger charge is 2.32. The van der Waals surface area contributed by atoms with Crippen LogP contribution in [0.4, 0.5) is 5.69 Å². The summed E-state index contributed by atoms with van der Waals surface area (Å²) in [6, 6.07) is 16.1. The predicted molar refractivity (Wildman–Crippen MR) is 107 cm³/mol. The summed E-state index contributed by atoms with van der Waals surface area (Å²) >= 11 is 0. The molecule has 0 spiro atoms. The lowest BCUT2D eigenvalue weighted by Crippen LogP contribution is -2.40. The van der Waals surface area contributed by atoms with Crippen molar-refractivity contribution in [2.24, 2.45) is 5.92 Å². The van der Waals surface area contributed by atoms with Gasteiger partial charge in [0.25, 0.3) is 0 Å². The maximum atomic E-state index is 12.7. The standard InChI is InChI=1S/C22H28N2O3/c1-16(18-9-10-18)24(14-17-7-5-4-6-8-17)15-22(25)23-20-12-11-19(26-2)13-21(20)27-3/h4-8,11-13,16,18H,9-10,14-15H2,1-3H3,(H,23,25). The Morgan fingerprint density at radius 1 is 1.15 bits per heavy atom. The van der Waals surface area contributed by atoms with E-state index in [0.717, 1.165) is 6.54 Å². The summed E-state index contributed by atoms with van der Waals surface area (Å²) in [7, 11) is 3.19. The molecule has 1 N–H and O–H groups in total. The number of anilines is 1. The summed E-state index contributed by atoms with van der Waals surface area (Å²) in [5, 5.41) is 2.98. The SMILES string of the molecule is COc1ccc(NC(=O)CN(Cc2ccccc2)C(C)C2CC2)c(OC)c1. The quantitative estimate of drug-likeness (QED) is 0.728. The fourth-order valence-electron chi connectivity index (χ4n) is 3.31. The van der Waals surface area contributed by atoms with Crippen LogP contribution in [0.25, 0.3) is 0 Å². The highest BCUT2D eigenvalue weighted by Crippen LogP contribution is 2.35. The Balaban J connectivity index is 1.68. The lowest BCUT2D eigenvalue weighted by atomic mass is 10.1. The van der Waals surface area contributed by atoms with Gasteiger partial charge in [-0.3, -0.25) is 9.69 Å². The fraction of sp³-hybridized carbons (Fsp3) is 0.409. The Hall–Kier alpha value is -2.53. The molecule has 1 aliphatic carbocycles. The first-order valence-corrected chi connectivity index (χ1v) is 9.40. The molecule has 0 aliphatic heterocycles. The van der Waals surface area contributed by atoms with E-state index in [2.05, 4.69) is 29.3 Å². The van der Waals surface area contributed by atoms with Gasteiger partial charge in [0.2, 0.25) is 5.91 Å². The van der Waals surface area contributed by atoms with Crippen LogP contribution in [-0.2, 0) is 11.3 Å². The average Bonchev–Trinajstić information content (AvgIpc) is 3.53. The van der Waals surface area contributed by atoms with Gasteiger partial charge in [-0.05, 0) is 43.4 Å². The molecule has 0 aromatic heterocycles. The van der Waals surface area contributed by atoms with Crippen LogP contribution in [0.3, 0.4) is 0 Å². The summed E-state index contributed by atoms with van der Waals surface area (Å²) in [5.74, 6) is 1.93. The van der Waals surface area contributed by atoms with Crippen LogP contribution >= 0.6 is 0 Å². The summed E-state index contributed by atoms with van der Waals surface area (Å²) in [6.45, 7) is 3.34. The number of ether oxygens (including phenoxy) is 2. The Labute approximate surface area is 161 Å². The van der Waals surface area contributed by atoms with Crippen LogP contribution in [0, 0.1) is 5.92 Å². The molecule has 5 nitrogen and oxygen atoms in total. The molecule has 1 amide bonds. The second-order valence-corrected chi connectivity index (χ2v) is 7.08. The normalized spacial score (nSPS) is 14.7. The van der Waals surface area contributed by atoms with Crippen molar-refractivity contribution >= 4 is 11.6 Å². The molecule has 2 aromatic carbocycles. The second-order valence-electron chi connectivity index (χ2n) is 7.08. The maximum absolute atomic E-state index is 12.7. The Morgan fingerprint density at radius 3 is 2.52 bits per heavy atom. The molecule has 1 atom stereocenters. The van der Waals surface area contributed by atoms with E-state index < -0.39 is 0 Å². The van der Waals surface area contributed by atoms with Crippen molar-refractivity contribution in [1.29, 1.82) is 0 Å². The third kappa shape index (κ3) is 5.23. The largest absolute Gasteiger partial charge is 0.497 e. The van der Waals surface area contributed by atoms with Crippen LogP contribution in [-0.4, -0.2) is 37.6 Å². The minimum absolute atomic E-state index is 0.0399. The van der Waals surface area contributed by atoms with Crippen molar-refractivity contribution in [3.8, 4) is 11.5 Å². The molecule has 1 saturated carbocycles. The molecule has 5 heteroatoms. The number of hydrogen-bond donors (Lipinski definition) is 1. The molecule has 0 heterocycles. The summed E-state index contributed by atoms with van der Waals surface area (Å²) in [6.07, 6.45) is 2.50. The van der Waals surface area contributed by atoms with E-state index in [-0.39, 0.29) is 5.91 Å². The van der Waals surface area contributed by atoms with E-state index >= 15 is 0 Å². The van der Waals surface area contributed by atoms with Gasteiger partial charge in [-0.2, -0.15) is 0 Å². The zero-order valence-electron chi connectivity index (χ0n) is 16.3. The van der Waals surface area contributed by atoms with Gasteiger partial charge >= 0.3 is 0 Å². The summed E-state index contributed by atoms with van der Waals surface area (Å²) in [4.78, 5) is 15.0. The van der Waals surface area contributed by atoms with Crippen molar-refractivity contribution in [3.63, 3.8) is 0 Å². The van der Waals surface area contributed by atoms with Crippen molar-refractivity contribution in [2.45, 2.75) is 32.4 Å². The van der Waals surface area contributed by atoms with Gasteiger partial charge in [-0.25, -0.2) is 0 Å². The summed E-state index contributed by atoms with van der Waals surface area (Å²) in [5.41, 5.74) is 1.88. The number of amides is 1. The lowest BCUT2D eigenvalue weighted by molar-refractivity contribution is -0.118. The first-order valence-electron chi connectivity index (χ1n) is 9.40. The minimum atomic E-state index is -0.0399. The zero-order chi connectivity index (χ0) is 19.2. The number of rotatable bonds is 9. The highest BCUT2D eigenvalue weighted by molar-refractivity contribution is 5.93. The van der Waals surface area contributed by atoms with E-state index in [0.29, 0.717) is 35.7 Å². The molecule has 1 unspecified atom stereocenters. The van der Waals surface area contributed by atoms with E-state index in [1.54, 1.807) is 26.4 Å². The molecular weight excluding hydrogens is 340 g/mol. The van der Waals surface area contributed by atoms with Crippen LogP contribution in [0.15, 0.2) is 48.5 Å². The van der Waals surface area contributed by atoms with Gasteiger partial charge in [-0.1, -0.05) is 30.3 Å². The van der Waals surface area contributed by atoms with E-state index in [1.165, 1.54) is 18.4 Å². The van der Waals surface area contributed by atoms with Gasteiger partial charge in [0, 0.05) is 18.7 Å². The van der Waals surface area contributed by atoms with Gasteiger partial charge in [0.15, 0.2) is 0 Å². The minimum Gasteiger partial charge on any atom is -0.497 e. The zero-order valence-corrected chi connectivity index (χ0v) is 16.3. The van der Waals surface area contributed by atoms with E-state index in [4.69, 9.17) is 9.47 Å². The van der Waals surface area contributed by atoms with Crippen molar-refractivity contribution in [3.05, 3.63) is 54.1 Å². The molecule has 144 valence electrons. The second kappa shape index (κ2) is 8.91. The van der Waals surface area contributed by atoms with Crippen LogP contribution in [0.2, 0.25) is 0 Å². The fourth-order valence-corrected chi connectivity index (χ4v) is 3.31. The first-order chi connectivity index (χ1) is 13.1. The number of carbonyl (C=O) groups is 1. The van der Waals surface area contributed by atoms with Crippen LogP contribution < -0.4 is 14.8 Å². The lowest BCUT2D eigenvalue weighted by Gasteiger charge is -2.29. The monoisotopic (exact) mass is 368 g/mol. The molecule has 2 aromatic rings. The number of carbonyl (C=O) groups excluding carboxylic acids is 1. The van der Waals surface area contributed by atoms with Gasteiger partial charge < -0.3 is 14.8 Å². The molecular formula is C22H28N2O3.